The van der Waals surface area contributed by atoms with Gasteiger partial charge in [0.15, 0.2) is 0 Å². The number of unbranched alkanes of at least 4 members (excludes halogenated alkanes) is 1. The Balaban J connectivity index is 0. The summed E-state index contributed by atoms with van der Waals surface area (Å²) in [6, 6.07) is 0. The second-order valence-corrected chi connectivity index (χ2v) is 3.08. The van der Waals surface area contributed by atoms with Gasteiger partial charge in [-0.15, -0.1) is 0 Å². The number of carbonyl (C=O) groups excluding carboxylic acids is 1. The fourth-order valence-corrected chi connectivity index (χ4v) is 1.01. The molecule has 1 saturated heterocycles. The van der Waals surface area contributed by atoms with Gasteiger partial charge in [0.25, 0.3) is 0 Å². The predicted octanol–water partition coefficient (Wildman–Crippen LogP) is 3.19. The maximum absolute atomic E-state index is 10.6. The summed E-state index contributed by atoms with van der Waals surface area (Å²) in [4.78, 5) is 10.6. The molecule has 1 aliphatic heterocycles. The Bertz CT molecular complexity index is 134. The number of esters is 1. The summed E-state index contributed by atoms with van der Waals surface area (Å²) in [6.07, 6.45) is 4.70. The van der Waals surface area contributed by atoms with Crippen molar-refractivity contribution in [3.8, 4) is 0 Å². The van der Waals surface area contributed by atoms with Gasteiger partial charge in [0.2, 0.25) is 0 Å². The molecule has 1 fully saturated rings. The molecule has 92 valence electrons. The Labute approximate surface area is 116 Å². The van der Waals surface area contributed by atoms with E-state index in [1.807, 2.05) is 6.92 Å². The average molecular weight is 347 g/mol. The molecular formula is C11H21BrO3Zn. The minimum absolute atomic E-state index is 0.110. The molecule has 0 atom stereocenters. The summed E-state index contributed by atoms with van der Waals surface area (Å²) < 4.78 is 9.62. The fourth-order valence-electron chi connectivity index (χ4n) is 1.01. The van der Waals surface area contributed by atoms with Gasteiger partial charge in [-0.05, 0) is 19.8 Å². The molecule has 0 aromatic carbocycles. The van der Waals surface area contributed by atoms with E-state index in [9.17, 15) is 4.79 Å². The Kier molecular flexibility index (Phi) is 21.1. The van der Waals surface area contributed by atoms with Crippen molar-refractivity contribution in [2.24, 2.45) is 0 Å². The van der Waals surface area contributed by atoms with E-state index in [1.54, 1.807) is 0 Å². The predicted molar refractivity (Wildman–Crippen MR) is 64.8 cm³/mol. The normalized spacial score (nSPS) is 13.1. The molecule has 3 nitrogen and oxygen atoms in total. The van der Waals surface area contributed by atoms with Gasteiger partial charge in [-0.3, -0.25) is 4.79 Å². The van der Waals surface area contributed by atoms with Gasteiger partial charge >= 0.3 is 35.9 Å². The van der Waals surface area contributed by atoms with Crippen LogP contribution in [0.25, 0.3) is 0 Å². The van der Waals surface area contributed by atoms with Gasteiger partial charge in [-0.1, -0.05) is 6.42 Å². The van der Waals surface area contributed by atoms with Crippen LogP contribution >= 0.6 is 13.6 Å². The topological polar surface area (TPSA) is 35.5 Å². The maximum atomic E-state index is 10.6. The molecule has 0 spiro atoms. The number of rotatable bonds is 4. The van der Waals surface area contributed by atoms with Gasteiger partial charge in [0, 0.05) is 19.6 Å². The van der Waals surface area contributed by atoms with Crippen LogP contribution in [-0.4, -0.2) is 25.8 Å². The van der Waals surface area contributed by atoms with Crippen LogP contribution in [0.15, 0.2) is 0 Å². The zero-order valence-electron chi connectivity index (χ0n) is 10.2. The van der Waals surface area contributed by atoms with E-state index in [0.29, 0.717) is 13.0 Å². The van der Waals surface area contributed by atoms with Crippen molar-refractivity contribution in [1.29, 1.82) is 0 Å². The molecule has 16 heavy (non-hydrogen) atoms. The zero-order valence-corrected chi connectivity index (χ0v) is 14.7. The monoisotopic (exact) mass is 344 g/mol. The summed E-state index contributed by atoms with van der Waals surface area (Å²) in [6.45, 7) is 7.90. The number of hydrogen-bond donors (Lipinski definition) is 0. The summed E-state index contributed by atoms with van der Waals surface area (Å²) in [5.41, 5.74) is 0. The van der Waals surface area contributed by atoms with E-state index in [0.717, 1.165) is 26.1 Å². The van der Waals surface area contributed by atoms with Crippen molar-refractivity contribution in [3.63, 3.8) is 0 Å². The number of carbonyl (C=O) groups is 1. The molecule has 0 aliphatic carbocycles. The van der Waals surface area contributed by atoms with Crippen molar-refractivity contribution >= 4 is 19.6 Å². The molecule has 5 heteroatoms. The second kappa shape index (κ2) is 17.9. The van der Waals surface area contributed by atoms with Crippen molar-refractivity contribution < 1.29 is 30.6 Å². The number of hydrogen-bond acceptors (Lipinski definition) is 3. The molecule has 0 unspecified atom stereocenters. The van der Waals surface area contributed by atoms with Crippen LogP contribution in [0.3, 0.4) is 0 Å². The third kappa shape index (κ3) is 16.9. The molecule has 0 bridgehead atoms. The van der Waals surface area contributed by atoms with Gasteiger partial charge < -0.3 is 16.4 Å². The van der Waals surface area contributed by atoms with E-state index in [2.05, 4.69) is 25.3 Å². The average Bonchev–Trinajstić information content (AvgIpc) is 2.88. The van der Waals surface area contributed by atoms with Crippen molar-refractivity contribution in [1.82, 2.24) is 0 Å². The first-order chi connectivity index (χ1) is 7.81. The van der Waals surface area contributed by atoms with Crippen LogP contribution < -0.4 is 0 Å². The molecule has 0 amide bonds. The van der Waals surface area contributed by atoms with Gasteiger partial charge in [-0.2, -0.15) is 6.42 Å². The van der Waals surface area contributed by atoms with Gasteiger partial charge in [0.05, 0.1) is 6.61 Å². The first kappa shape index (κ1) is 18.9. The Morgan fingerprint density at radius 3 is 2.31 bits per heavy atom. The van der Waals surface area contributed by atoms with Crippen LogP contribution in [0, 0.1) is 6.92 Å². The quantitative estimate of drug-likeness (QED) is 0.445. The molecule has 0 saturated carbocycles. The van der Waals surface area contributed by atoms with Crippen molar-refractivity contribution in [2.45, 2.75) is 39.0 Å². The molecule has 0 aromatic heterocycles. The van der Waals surface area contributed by atoms with Crippen LogP contribution in [0.5, 0.6) is 0 Å². The third-order valence-electron chi connectivity index (χ3n) is 1.76. The number of ether oxygens (including phenoxy) is 2. The zero-order chi connectivity index (χ0) is 12.6. The van der Waals surface area contributed by atoms with E-state index < -0.39 is 0 Å². The summed E-state index contributed by atoms with van der Waals surface area (Å²) in [7, 11) is 0. The van der Waals surface area contributed by atoms with Crippen LogP contribution in [0.2, 0.25) is 0 Å². The Hall–Kier alpha value is 0.533. The molecule has 0 N–H and O–H groups in total. The minimum atomic E-state index is -0.110. The SMILES string of the molecule is C1CCOC1.[CH2-]CCCC(=O)OCC.[Zn+][Br]. The second-order valence-electron chi connectivity index (χ2n) is 3.08. The first-order valence-corrected chi connectivity index (χ1v) is 12.6. The Morgan fingerprint density at radius 2 is 2.00 bits per heavy atom. The summed E-state index contributed by atoms with van der Waals surface area (Å²) in [5.74, 6) is -0.110. The molecule has 0 radical (unpaired) electrons. The molecule has 1 rings (SSSR count). The Morgan fingerprint density at radius 1 is 1.44 bits per heavy atom. The third-order valence-corrected chi connectivity index (χ3v) is 1.76. The molecule has 1 aliphatic rings. The summed E-state index contributed by atoms with van der Waals surface area (Å²) in [5, 5.41) is 0. The van der Waals surface area contributed by atoms with Gasteiger partial charge in [0.1, 0.15) is 0 Å². The van der Waals surface area contributed by atoms with E-state index in [-0.39, 0.29) is 5.97 Å². The summed E-state index contributed by atoms with van der Waals surface area (Å²) >= 11 is 4.25. The molecule has 1 heterocycles. The molecular weight excluding hydrogens is 325 g/mol. The van der Waals surface area contributed by atoms with Crippen LogP contribution in [-0.2, 0) is 30.6 Å². The molecule has 0 aromatic rings. The van der Waals surface area contributed by atoms with E-state index in [1.165, 1.54) is 29.2 Å². The standard InChI is InChI=1S/C7H13O2.C4H8O.BrH.Zn/c1-3-5-6-7(8)9-4-2;1-2-4-5-3-1;;/h1,3-6H2,2H3;1-4H2;1H;/q-1;;;+2/p-1. The van der Waals surface area contributed by atoms with E-state index in [4.69, 9.17) is 4.74 Å². The van der Waals surface area contributed by atoms with Crippen molar-refractivity contribution in [2.75, 3.05) is 19.8 Å². The van der Waals surface area contributed by atoms with Crippen LogP contribution in [0.4, 0.5) is 0 Å². The first-order valence-electron chi connectivity index (χ1n) is 5.60. The van der Waals surface area contributed by atoms with Gasteiger partial charge in [-0.25, -0.2) is 0 Å². The number of halogens is 1. The van der Waals surface area contributed by atoms with E-state index >= 15 is 0 Å². The van der Waals surface area contributed by atoms with Crippen molar-refractivity contribution in [3.05, 3.63) is 6.92 Å². The fraction of sp³-hybridized carbons (Fsp3) is 0.818. The van der Waals surface area contributed by atoms with Crippen LogP contribution in [0.1, 0.15) is 39.0 Å².